The molecule has 3 heteroatoms. The summed E-state index contributed by atoms with van der Waals surface area (Å²) in [7, 11) is -0.688. The highest BCUT2D eigenvalue weighted by Gasteiger charge is 2.40. The van der Waals surface area contributed by atoms with Crippen molar-refractivity contribution in [3.05, 3.63) is 35.4 Å². The highest BCUT2D eigenvalue weighted by molar-refractivity contribution is 7.86. The van der Waals surface area contributed by atoms with Gasteiger partial charge in [0.05, 0.1) is 0 Å². The number of hydrogen-bond acceptors (Lipinski definition) is 2. The number of hydrogen-bond donors (Lipinski definition) is 0. The molecule has 2 unspecified atom stereocenters. The first-order chi connectivity index (χ1) is 9.69. The van der Waals surface area contributed by atoms with Gasteiger partial charge in [0.2, 0.25) is 0 Å². The van der Waals surface area contributed by atoms with E-state index in [9.17, 15) is 9.00 Å². The third kappa shape index (κ3) is 2.60. The fraction of sp³-hybridized carbons (Fsp3) is 0.588. The molecule has 20 heavy (non-hydrogen) atoms. The van der Waals surface area contributed by atoms with E-state index in [0.29, 0.717) is 0 Å². The minimum absolute atomic E-state index is 0.0927. The Balaban J connectivity index is 1.79. The standard InChI is InChI=1S/C17H22O2S/c1-2-12-5-3-6-13(9-12)17(18)14-10-15-7-4-8-16(11-14)20(15)19/h3,5-6,9,14-16H,2,4,7-8,10-11H2,1H3. The van der Waals surface area contributed by atoms with Crippen LogP contribution < -0.4 is 0 Å². The maximum Gasteiger partial charge on any atom is 0.166 e. The molecule has 0 saturated carbocycles. The van der Waals surface area contributed by atoms with Gasteiger partial charge in [0.1, 0.15) is 0 Å². The monoisotopic (exact) mass is 290 g/mol. The Bertz CT molecular complexity index is 522. The highest BCUT2D eigenvalue weighted by Crippen LogP contribution is 2.38. The fourth-order valence-corrected chi connectivity index (χ4v) is 5.81. The van der Waals surface area contributed by atoms with Gasteiger partial charge in [-0.3, -0.25) is 9.00 Å². The van der Waals surface area contributed by atoms with E-state index in [1.54, 1.807) is 0 Å². The molecule has 0 radical (unpaired) electrons. The Hall–Kier alpha value is -0.960. The maximum atomic E-state index is 12.7. The van der Waals surface area contributed by atoms with Crippen LogP contribution in [0, 0.1) is 5.92 Å². The predicted octanol–water partition coefficient (Wildman–Crippen LogP) is 3.51. The molecule has 2 atom stereocenters. The topological polar surface area (TPSA) is 34.1 Å². The van der Waals surface area contributed by atoms with E-state index < -0.39 is 10.8 Å². The molecule has 0 spiro atoms. The quantitative estimate of drug-likeness (QED) is 0.798. The Kier molecular flexibility index (Phi) is 4.06. The molecule has 2 saturated heterocycles. The number of aryl methyl sites for hydroxylation is 1. The van der Waals surface area contributed by atoms with Gasteiger partial charge in [-0.15, -0.1) is 0 Å². The van der Waals surface area contributed by atoms with E-state index >= 15 is 0 Å². The molecule has 2 fully saturated rings. The Labute approximate surface area is 123 Å². The Morgan fingerprint density at radius 2 is 1.95 bits per heavy atom. The van der Waals surface area contributed by atoms with Crippen LogP contribution in [0.25, 0.3) is 0 Å². The molecule has 2 aliphatic rings. The summed E-state index contributed by atoms with van der Waals surface area (Å²) in [4.78, 5) is 12.7. The summed E-state index contributed by atoms with van der Waals surface area (Å²) in [5.74, 6) is 0.365. The van der Waals surface area contributed by atoms with Crippen molar-refractivity contribution in [1.82, 2.24) is 0 Å². The van der Waals surface area contributed by atoms with Crippen molar-refractivity contribution in [2.45, 2.75) is 55.9 Å². The lowest BCUT2D eigenvalue weighted by Gasteiger charge is -2.37. The third-order valence-corrected chi connectivity index (χ3v) is 6.97. The van der Waals surface area contributed by atoms with Gasteiger partial charge in [0, 0.05) is 32.8 Å². The summed E-state index contributed by atoms with van der Waals surface area (Å²) in [6.45, 7) is 2.11. The van der Waals surface area contributed by atoms with Crippen molar-refractivity contribution in [2.75, 3.05) is 0 Å². The lowest BCUT2D eigenvalue weighted by Crippen LogP contribution is -2.41. The second kappa shape index (κ2) is 5.80. The molecule has 2 heterocycles. The summed E-state index contributed by atoms with van der Waals surface area (Å²) in [6, 6.07) is 8.02. The number of Topliss-reactive ketones (excluding diaryl/α,β-unsaturated/α-hetero) is 1. The minimum Gasteiger partial charge on any atom is -0.294 e. The zero-order valence-electron chi connectivity index (χ0n) is 12.0. The average molecular weight is 290 g/mol. The smallest absolute Gasteiger partial charge is 0.166 e. The van der Waals surface area contributed by atoms with Crippen LogP contribution in [0.3, 0.4) is 0 Å². The second-order valence-corrected chi connectivity index (χ2v) is 8.08. The van der Waals surface area contributed by atoms with E-state index in [2.05, 4.69) is 13.0 Å². The third-order valence-electron chi connectivity index (χ3n) is 4.79. The molecule has 2 nitrogen and oxygen atoms in total. The van der Waals surface area contributed by atoms with Crippen molar-refractivity contribution >= 4 is 16.6 Å². The van der Waals surface area contributed by atoms with E-state index in [1.165, 1.54) is 12.0 Å². The largest absolute Gasteiger partial charge is 0.294 e. The van der Waals surface area contributed by atoms with Crippen LogP contribution in [0.4, 0.5) is 0 Å². The van der Waals surface area contributed by atoms with Gasteiger partial charge in [0.15, 0.2) is 5.78 Å². The number of benzene rings is 1. The second-order valence-electron chi connectivity index (χ2n) is 6.09. The van der Waals surface area contributed by atoms with Gasteiger partial charge < -0.3 is 0 Å². The predicted molar refractivity (Wildman–Crippen MR) is 82.4 cm³/mol. The molecule has 1 aromatic carbocycles. The molecule has 0 aliphatic carbocycles. The number of carbonyl (C=O) groups excluding carboxylic acids is 1. The SMILES string of the molecule is CCc1cccc(C(=O)C2CC3CCCC(C2)S3=O)c1. The summed E-state index contributed by atoms with van der Waals surface area (Å²) in [5, 5.41) is 0.539. The van der Waals surface area contributed by atoms with Crippen LogP contribution >= 0.6 is 0 Å². The Morgan fingerprint density at radius 1 is 1.25 bits per heavy atom. The molecule has 3 rings (SSSR count). The van der Waals surface area contributed by atoms with Crippen LogP contribution in [0.15, 0.2) is 24.3 Å². The van der Waals surface area contributed by atoms with Gasteiger partial charge in [-0.2, -0.15) is 0 Å². The number of fused-ring (bicyclic) bond motifs is 2. The fourth-order valence-electron chi connectivity index (χ4n) is 3.63. The molecule has 2 aliphatic heterocycles. The summed E-state index contributed by atoms with van der Waals surface area (Å²) in [6.07, 6.45) is 5.90. The maximum absolute atomic E-state index is 12.7. The van der Waals surface area contributed by atoms with Crippen molar-refractivity contribution < 1.29 is 9.00 Å². The van der Waals surface area contributed by atoms with Crippen molar-refractivity contribution in [3.8, 4) is 0 Å². The molecule has 1 aromatic rings. The van der Waals surface area contributed by atoms with Crippen LogP contribution in [0.2, 0.25) is 0 Å². The number of carbonyl (C=O) groups is 1. The van der Waals surface area contributed by atoms with E-state index in [-0.39, 0.29) is 22.2 Å². The van der Waals surface area contributed by atoms with Gasteiger partial charge >= 0.3 is 0 Å². The summed E-state index contributed by atoms with van der Waals surface area (Å²) >= 11 is 0. The zero-order valence-corrected chi connectivity index (χ0v) is 12.8. The van der Waals surface area contributed by atoms with Crippen LogP contribution in [0.5, 0.6) is 0 Å². The lowest BCUT2D eigenvalue weighted by molar-refractivity contribution is 0.0895. The lowest BCUT2D eigenvalue weighted by atomic mass is 9.84. The molecule has 108 valence electrons. The first kappa shape index (κ1) is 14.0. The minimum atomic E-state index is -0.688. The highest BCUT2D eigenvalue weighted by atomic mass is 32.2. The van der Waals surface area contributed by atoms with Crippen LogP contribution in [-0.2, 0) is 17.2 Å². The molecule has 0 aromatic heterocycles. The zero-order chi connectivity index (χ0) is 14.1. The van der Waals surface area contributed by atoms with E-state index in [4.69, 9.17) is 0 Å². The molecule has 2 bridgehead atoms. The van der Waals surface area contributed by atoms with Crippen molar-refractivity contribution in [3.63, 3.8) is 0 Å². The normalized spacial score (nSPS) is 32.9. The average Bonchev–Trinajstić information content (AvgIpc) is 2.46. The van der Waals surface area contributed by atoms with Gasteiger partial charge in [-0.05, 0) is 43.7 Å². The van der Waals surface area contributed by atoms with Gasteiger partial charge in [0.25, 0.3) is 0 Å². The molecular formula is C17H22O2S. The molecule has 0 N–H and O–H groups in total. The van der Waals surface area contributed by atoms with E-state index in [1.807, 2.05) is 18.2 Å². The molecule has 0 amide bonds. The molecular weight excluding hydrogens is 268 g/mol. The van der Waals surface area contributed by atoms with Gasteiger partial charge in [-0.25, -0.2) is 0 Å². The number of rotatable bonds is 3. The number of ketones is 1. The van der Waals surface area contributed by atoms with Crippen LogP contribution in [0.1, 0.15) is 54.9 Å². The van der Waals surface area contributed by atoms with Crippen molar-refractivity contribution in [2.24, 2.45) is 5.92 Å². The Morgan fingerprint density at radius 3 is 2.60 bits per heavy atom. The van der Waals surface area contributed by atoms with Crippen LogP contribution in [-0.4, -0.2) is 20.5 Å². The first-order valence-electron chi connectivity index (χ1n) is 7.71. The van der Waals surface area contributed by atoms with Gasteiger partial charge in [-0.1, -0.05) is 31.5 Å². The van der Waals surface area contributed by atoms with Crippen molar-refractivity contribution in [1.29, 1.82) is 0 Å². The van der Waals surface area contributed by atoms with E-state index in [0.717, 1.165) is 37.7 Å². The summed E-state index contributed by atoms with van der Waals surface area (Å²) < 4.78 is 12.2. The first-order valence-corrected chi connectivity index (χ1v) is 8.99. The summed E-state index contributed by atoms with van der Waals surface area (Å²) in [5.41, 5.74) is 2.07.